The van der Waals surface area contributed by atoms with Crippen molar-refractivity contribution in [2.24, 2.45) is 5.73 Å². The van der Waals surface area contributed by atoms with Crippen molar-refractivity contribution >= 4 is 0 Å². The average molecular weight is 281 g/mol. The molecule has 1 aromatic carbocycles. The fourth-order valence-corrected chi connectivity index (χ4v) is 2.52. The molecule has 0 saturated carbocycles. The van der Waals surface area contributed by atoms with Gasteiger partial charge in [0, 0.05) is 12.4 Å². The van der Waals surface area contributed by atoms with Crippen molar-refractivity contribution in [1.82, 2.24) is 19.3 Å². The lowest BCUT2D eigenvalue weighted by Crippen LogP contribution is -2.20. The van der Waals surface area contributed by atoms with E-state index in [0.29, 0.717) is 0 Å². The molecule has 5 heteroatoms. The second-order valence-electron chi connectivity index (χ2n) is 5.19. The number of nitrogens with zero attached hydrogens (tertiary/aromatic N) is 4. The van der Waals surface area contributed by atoms with Crippen molar-refractivity contribution in [3.8, 4) is 0 Å². The smallest absolute Gasteiger partial charge is 0.0951 e. The molecule has 2 aromatic heterocycles. The van der Waals surface area contributed by atoms with Crippen molar-refractivity contribution in [3.63, 3.8) is 0 Å². The van der Waals surface area contributed by atoms with Crippen LogP contribution in [0, 0.1) is 0 Å². The molecule has 0 fully saturated rings. The molecule has 0 bridgehead atoms. The third kappa shape index (κ3) is 2.87. The van der Waals surface area contributed by atoms with Gasteiger partial charge in [0.15, 0.2) is 0 Å². The summed E-state index contributed by atoms with van der Waals surface area (Å²) in [5.41, 5.74) is 8.49. The summed E-state index contributed by atoms with van der Waals surface area (Å²) in [6, 6.07) is 12.1. The monoisotopic (exact) mass is 281 g/mol. The van der Waals surface area contributed by atoms with E-state index in [2.05, 4.69) is 21.6 Å². The van der Waals surface area contributed by atoms with Crippen LogP contribution in [0.5, 0.6) is 0 Å². The van der Waals surface area contributed by atoms with Gasteiger partial charge in [-0.1, -0.05) is 30.3 Å². The Hall–Kier alpha value is -2.40. The van der Waals surface area contributed by atoms with Crippen LogP contribution in [0.1, 0.15) is 30.3 Å². The number of nitrogens with two attached hydrogens (primary N) is 1. The van der Waals surface area contributed by atoms with E-state index in [0.717, 1.165) is 17.8 Å². The van der Waals surface area contributed by atoms with Crippen LogP contribution in [-0.4, -0.2) is 19.3 Å². The van der Waals surface area contributed by atoms with E-state index < -0.39 is 0 Å². The highest BCUT2D eigenvalue weighted by Crippen LogP contribution is 2.22. The molecule has 3 rings (SSSR count). The van der Waals surface area contributed by atoms with Gasteiger partial charge in [0.25, 0.3) is 0 Å². The zero-order valence-electron chi connectivity index (χ0n) is 12.0. The molecule has 0 amide bonds. The Kier molecular flexibility index (Phi) is 3.83. The van der Waals surface area contributed by atoms with Crippen LogP contribution in [0.3, 0.4) is 0 Å². The molecule has 0 aliphatic rings. The van der Waals surface area contributed by atoms with Gasteiger partial charge < -0.3 is 10.3 Å². The summed E-state index contributed by atoms with van der Waals surface area (Å²) in [4.78, 5) is 4.27. The highest BCUT2D eigenvalue weighted by Gasteiger charge is 2.17. The van der Waals surface area contributed by atoms with E-state index in [-0.39, 0.29) is 12.1 Å². The van der Waals surface area contributed by atoms with Gasteiger partial charge in [-0.2, -0.15) is 5.10 Å². The van der Waals surface area contributed by atoms with Crippen molar-refractivity contribution in [2.75, 3.05) is 0 Å². The normalized spacial score (nSPS) is 14.0. The van der Waals surface area contributed by atoms with Gasteiger partial charge >= 0.3 is 0 Å². The zero-order valence-corrected chi connectivity index (χ0v) is 12.0. The standard InChI is InChI=1S/C16H19N5/c1-13(11-20-9-5-8-19-20)21-12-18-10-15(21)16(17)14-6-3-2-4-7-14/h2-10,12-13,16H,11,17H2,1H3. The van der Waals surface area contributed by atoms with Crippen molar-refractivity contribution in [1.29, 1.82) is 0 Å². The fraction of sp³-hybridized carbons (Fsp3) is 0.250. The maximum Gasteiger partial charge on any atom is 0.0951 e. The number of imidazole rings is 1. The van der Waals surface area contributed by atoms with E-state index in [4.69, 9.17) is 5.73 Å². The molecule has 0 spiro atoms. The Morgan fingerprint density at radius 1 is 1.19 bits per heavy atom. The SMILES string of the molecule is CC(Cn1cccn1)n1cncc1C(N)c1ccccc1. The Labute approximate surface area is 124 Å². The van der Waals surface area contributed by atoms with Gasteiger partial charge in [-0.05, 0) is 18.6 Å². The summed E-state index contributed by atoms with van der Waals surface area (Å²) >= 11 is 0. The van der Waals surface area contributed by atoms with Crippen LogP contribution in [0.4, 0.5) is 0 Å². The largest absolute Gasteiger partial charge is 0.328 e. The number of benzene rings is 1. The third-order valence-electron chi connectivity index (χ3n) is 3.66. The predicted molar refractivity (Wildman–Crippen MR) is 81.6 cm³/mol. The number of rotatable bonds is 5. The molecule has 0 aliphatic carbocycles. The lowest BCUT2D eigenvalue weighted by molar-refractivity contribution is 0.423. The van der Waals surface area contributed by atoms with E-state index in [1.165, 1.54) is 0 Å². The molecule has 108 valence electrons. The molecule has 0 radical (unpaired) electrons. The number of hydrogen-bond acceptors (Lipinski definition) is 3. The Morgan fingerprint density at radius 3 is 2.71 bits per heavy atom. The Bertz CT molecular complexity index is 672. The van der Waals surface area contributed by atoms with E-state index >= 15 is 0 Å². The summed E-state index contributed by atoms with van der Waals surface area (Å²) in [5, 5.41) is 4.25. The third-order valence-corrected chi connectivity index (χ3v) is 3.66. The van der Waals surface area contributed by atoms with Crippen LogP contribution in [0.15, 0.2) is 61.3 Å². The molecule has 2 N–H and O–H groups in total. The van der Waals surface area contributed by atoms with Gasteiger partial charge in [-0.25, -0.2) is 4.98 Å². The molecule has 3 aromatic rings. The van der Waals surface area contributed by atoms with Gasteiger partial charge in [0.1, 0.15) is 0 Å². The van der Waals surface area contributed by atoms with E-state index in [1.807, 2.05) is 59.8 Å². The minimum absolute atomic E-state index is 0.172. The molecular formula is C16H19N5. The van der Waals surface area contributed by atoms with Crippen LogP contribution in [0.2, 0.25) is 0 Å². The van der Waals surface area contributed by atoms with Crippen LogP contribution < -0.4 is 5.73 Å². The van der Waals surface area contributed by atoms with E-state index in [1.54, 1.807) is 6.20 Å². The second-order valence-corrected chi connectivity index (χ2v) is 5.19. The Balaban J connectivity index is 1.83. The first-order valence-corrected chi connectivity index (χ1v) is 7.05. The molecule has 2 atom stereocenters. The van der Waals surface area contributed by atoms with Crippen molar-refractivity contribution in [3.05, 3.63) is 72.6 Å². The first-order valence-electron chi connectivity index (χ1n) is 7.05. The molecule has 5 nitrogen and oxygen atoms in total. The summed E-state index contributed by atoms with van der Waals surface area (Å²) in [7, 11) is 0. The van der Waals surface area contributed by atoms with Gasteiger partial charge in [-0.15, -0.1) is 0 Å². The molecule has 21 heavy (non-hydrogen) atoms. The summed E-state index contributed by atoms with van der Waals surface area (Å²) in [6.07, 6.45) is 7.44. The molecular weight excluding hydrogens is 262 g/mol. The summed E-state index contributed by atoms with van der Waals surface area (Å²) < 4.78 is 4.04. The number of aromatic nitrogens is 4. The molecule has 2 unspecified atom stereocenters. The van der Waals surface area contributed by atoms with E-state index in [9.17, 15) is 0 Å². The minimum atomic E-state index is -0.172. The summed E-state index contributed by atoms with van der Waals surface area (Å²) in [5.74, 6) is 0. The zero-order chi connectivity index (χ0) is 14.7. The highest BCUT2D eigenvalue weighted by molar-refractivity contribution is 5.26. The maximum absolute atomic E-state index is 6.39. The Morgan fingerprint density at radius 2 is 2.00 bits per heavy atom. The minimum Gasteiger partial charge on any atom is -0.328 e. The van der Waals surface area contributed by atoms with Crippen LogP contribution >= 0.6 is 0 Å². The predicted octanol–water partition coefficient (Wildman–Crippen LogP) is 2.39. The highest BCUT2D eigenvalue weighted by atomic mass is 15.3. The van der Waals surface area contributed by atoms with Crippen LogP contribution in [-0.2, 0) is 6.54 Å². The molecule has 2 heterocycles. The maximum atomic E-state index is 6.39. The average Bonchev–Trinajstić information content (AvgIpc) is 3.18. The molecule has 0 saturated heterocycles. The van der Waals surface area contributed by atoms with Gasteiger partial charge in [-0.3, -0.25) is 4.68 Å². The summed E-state index contributed by atoms with van der Waals surface area (Å²) in [6.45, 7) is 2.93. The number of hydrogen-bond donors (Lipinski definition) is 1. The quantitative estimate of drug-likeness (QED) is 0.781. The lowest BCUT2D eigenvalue weighted by Gasteiger charge is -2.20. The second kappa shape index (κ2) is 5.93. The lowest BCUT2D eigenvalue weighted by atomic mass is 10.0. The van der Waals surface area contributed by atoms with Gasteiger partial charge in [0.2, 0.25) is 0 Å². The first-order chi connectivity index (χ1) is 10.3. The molecule has 0 aliphatic heterocycles. The van der Waals surface area contributed by atoms with Crippen molar-refractivity contribution in [2.45, 2.75) is 25.6 Å². The van der Waals surface area contributed by atoms with Crippen molar-refractivity contribution < 1.29 is 0 Å². The van der Waals surface area contributed by atoms with Gasteiger partial charge in [0.05, 0.1) is 36.8 Å². The fourth-order valence-electron chi connectivity index (χ4n) is 2.52. The van der Waals surface area contributed by atoms with Crippen LogP contribution in [0.25, 0.3) is 0 Å². The first kappa shape index (κ1) is 13.6. The topological polar surface area (TPSA) is 61.7 Å².